The van der Waals surface area contributed by atoms with Crippen molar-refractivity contribution in [2.24, 2.45) is 5.10 Å². The second-order valence-electron chi connectivity index (χ2n) is 6.40. The van der Waals surface area contributed by atoms with E-state index in [1.165, 1.54) is 39.4 Å². The number of carbonyl (C=O) groups excluding carboxylic acids is 1. The minimum atomic E-state index is -0.205. The first-order valence-electron chi connectivity index (χ1n) is 9.30. The zero-order valence-electron chi connectivity index (χ0n) is 16.2. The molecular formula is C22H17ClN4OS3. The third kappa shape index (κ3) is 6.30. The number of carbonyl (C=O) groups is 1. The summed E-state index contributed by atoms with van der Waals surface area (Å²) in [5.41, 5.74) is 4.59. The summed E-state index contributed by atoms with van der Waals surface area (Å²) in [6, 6.07) is 21.9. The summed E-state index contributed by atoms with van der Waals surface area (Å²) >= 11 is 10.4. The van der Waals surface area contributed by atoms with Crippen molar-refractivity contribution < 1.29 is 4.79 Å². The Morgan fingerprint density at radius 3 is 2.68 bits per heavy atom. The molecule has 1 aromatic heterocycles. The van der Waals surface area contributed by atoms with E-state index in [2.05, 4.69) is 57.1 Å². The van der Waals surface area contributed by atoms with Gasteiger partial charge in [-0.1, -0.05) is 101 Å². The van der Waals surface area contributed by atoms with E-state index in [0.717, 1.165) is 20.0 Å². The van der Waals surface area contributed by atoms with Gasteiger partial charge in [-0.05, 0) is 34.0 Å². The summed E-state index contributed by atoms with van der Waals surface area (Å²) in [5, 5.41) is 15.5. The number of hydrazone groups is 1. The van der Waals surface area contributed by atoms with Crippen LogP contribution in [0.2, 0.25) is 5.02 Å². The Kier molecular flexibility index (Phi) is 7.58. The summed E-state index contributed by atoms with van der Waals surface area (Å²) in [7, 11) is 0. The fourth-order valence-electron chi connectivity index (χ4n) is 2.80. The van der Waals surface area contributed by atoms with Crippen molar-refractivity contribution in [2.45, 2.75) is 14.4 Å². The maximum absolute atomic E-state index is 12.0. The van der Waals surface area contributed by atoms with E-state index in [0.29, 0.717) is 5.02 Å². The van der Waals surface area contributed by atoms with Crippen molar-refractivity contribution in [3.8, 4) is 0 Å². The summed E-state index contributed by atoms with van der Waals surface area (Å²) in [5.74, 6) is 0.831. The molecule has 3 aromatic carbocycles. The van der Waals surface area contributed by atoms with Gasteiger partial charge in [0.15, 0.2) is 8.68 Å². The monoisotopic (exact) mass is 484 g/mol. The molecule has 0 spiro atoms. The number of aromatic nitrogens is 2. The van der Waals surface area contributed by atoms with Crippen molar-refractivity contribution >= 4 is 69.4 Å². The lowest BCUT2D eigenvalue weighted by molar-refractivity contribution is -0.118. The number of halogens is 1. The topological polar surface area (TPSA) is 67.2 Å². The first-order chi connectivity index (χ1) is 15.2. The standard InChI is InChI=1S/C22H17ClN4OS3/c23-18-9-3-5-15(11-18)12-24-25-20(28)14-30-22-27-26-21(31-22)29-13-17-8-4-7-16-6-1-2-10-19(16)17/h1-12H,13-14H2,(H,25,28)/b24-12+. The van der Waals surface area contributed by atoms with Gasteiger partial charge in [-0.2, -0.15) is 5.10 Å². The number of fused-ring (bicyclic) bond motifs is 1. The van der Waals surface area contributed by atoms with E-state index in [1.54, 1.807) is 30.1 Å². The number of nitrogens with zero attached hydrogens (tertiary/aromatic N) is 3. The second kappa shape index (κ2) is 10.8. The van der Waals surface area contributed by atoms with Gasteiger partial charge < -0.3 is 0 Å². The fraction of sp³-hybridized carbons (Fsp3) is 0.0909. The molecule has 0 atom stereocenters. The van der Waals surface area contributed by atoms with Crippen molar-refractivity contribution in [3.63, 3.8) is 0 Å². The maximum Gasteiger partial charge on any atom is 0.250 e. The van der Waals surface area contributed by atoms with Gasteiger partial charge in [-0.15, -0.1) is 10.2 Å². The SMILES string of the molecule is O=C(CSc1nnc(SCc2cccc3ccccc23)s1)N/N=C/c1cccc(Cl)c1. The molecule has 0 fully saturated rings. The third-order valence-electron chi connectivity index (χ3n) is 4.20. The van der Waals surface area contributed by atoms with Crippen LogP contribution < -0.4 is 5.43 Å². The third-order valence-corrected chi connectivity index (χ3v) is 7.67. The molecule has 0 aliphatic rings. The number of benzene rings is 3. The van der Waals surface area contributed by atoms with Crippen LogP contribution in [-0.4, -0.2) is 28.1 Å². The van der Waals surface area contributed by atoms with Gasteiger partial charge in [0.05, 0.1) is 12.0 Å². The normalized spacial score (nSPS) is 11.3. The van der Waals surface area contributed by atoms with E-state index >= 15 is 0 Å². The number of hydrogen-bond acceptors (Lipinski definition) is 7. The Hall–Kier alpha value is -2.39. The minimum Gasteiger partial charge on any atom is -0.272 e. The maximum atomic E-state index is 12.0. The molecule has 9 heteroatoms. The Morgan fingerprint density at radius 1 is 1.03 bits per heavy atom. The summed E-state index contributed by atoms with van der Waals surface area (Å²) in [4.78, 5) is 12.0. The average Bonchev–Trinajstić information content (AvgIpc) is 3.24. The number of amides is 1. The molecule has 0 aliphatic heterocycles. The van der Waals surface area contributed by atoms with Gasteiger partial charge in [-0.3, -0.25) is 4.79 Å². The quantitative estimate of drug-likeness (QED) is 0.192. The smallest absolute Gasteiger partial charge is 0.250 e. The van der Waals surface area contributed by atoms with E-state index < -0.39 is 0 Å². The van der Waals surface area contributed by atoms with Crippen LogP contribution in [0.4, 0.5) is 0 Å². The van der Waals surface area contributed by atoms with Gasteiger partial charge >= 0.3 is 0 Å². The highest BCUT2D eigenvalue weighted by atomic mass is 35.5. The molecule has 1 amide bonds. The van der Waals surface area contributed by atoms with Crippen LogP contribution in [0, 0.1) is 0 Å². The van der Waals surface area contributed by atoms with Crippen LogP contribution >= 0.6 is 46.5 Å². The van der Waals surface area contributed by atoms with E-state index in [4.69, 9.17) is 11.6 Å². The number of rotatable bonds is 8. The molecule has 4 aromatic rings. The highest BCUT2D eigenvalue weighted by Gasteiger charge is 2.09. The van der Waals surface area contributed by atoms with Crippen LogP contribution in [-0.2, 0) is 10.5 Å². The average molecular weight is 485 g/mol. The highest BCUT2D eigenvalue weighted by Crippen LogP contribution is 2.32. The van der Waals surface area contributed by atoms with Crippen molar-refractivity contribution in [1.29, 1.82) is 0 Å². The van der Waals surface area contributed by atoms with Crippen LogP contribution in [0.5, 0.6) is 0 Å². The van der Waals surface area contributed by atoms with Gasteiger partial charge in [0.25, 0.3) is 5.91 Å². The largest absolute Gasteiger partial charge is 0.272 e. The Bertz CT molecular complexity index is 1220. The summed E-state index contributed by atoms with van der Waals surface area (Å²) in [6.45, 7) is 0. The lowest BCUT2D eigenvalue weighted by atomic mass is 10.1. The lowest BCUT2D eigenvalue weighted by Crippen LogP contribution is -2.19. The zero-order valence-corrected chi connectivity index (χ0v) is 19.4. The van der Waals surface area contributed by atoms with E-state index in [1.807, 2.05) is 18.2 Å². The highest BCUT2D eigenvalue weighted by molar-refractivity contribution is 8.03. The Labute approximate surface area is 197 Å². The van der Waals surface area contributed by atoms with Gasteiger partial charge in [0, 0.05) is 10.8 Å². The molecule has 1 N–H and O–H groups in total. The molecule has 0 radical (unpaired) electrons. The Balaban J connectivity index is 1.25. The minimum absolute atomic E-state index is 0.205. The molecule has 5 nitrogen and oxygen atoms in total. The van der Waals surface area contributed by atoms with Crippen molar-refractivity contribution in [1.82, 2.24) is 15.6 Å². The Morgan fingerprint density at radius 2 is 1.81 bits per heavy atom. The molecule has 1 heterocycles. The van der Waals surface area contributed by atoms with Crippen LogP contribution in [0.3, 0.4) is 0 Å². The molecule has 31 heavy (non-hydrogen) atoms. The molecule has 156 valence electrons. The lowest BCUT2D eigenvalue weighted by Gasteiger charge is -2.04. The molecule has 0 unspecified atom stereocenters. The first-order valence-corrected chi connectivity index (χ1v) is 12.5. The van der Waals surface area contributed by atoms with Crippen molar-refractivity contribution in [3.05, 3.63) is 82.9 Å². The predicted octanol–water partition coefficient (Wildman–Crippen LogP) is 5.88. The van der Waals surface area contributed by atoms with Gasteiger partial charge in [0.1, 0.15) is 0 Å². The van der Waals surface area contributed by atoms with E-state index in [9.17, 15) is 4.79 Å². The van der Waals surface area contributed by atoms with E-state index in [-0.39, 0.29) is 11.7 Å². The number of thioether (sulfide) groups is 2. The van der Waals surface area contributed by atoms with Crippen molar-refractivity contribution in [2.75, 3.05) is 5.75 Å². The predicted molar refractivity (Wildman–Crippen MR) is 131 cm³/mol. The molecule has 0 saturated carbocycles. The van der Waals surface area contributed by atoms with Crippen LogP contribution in [0.1, 0.15) is 11.1 Å². The number of nitrogens with one attached hydrogen (secondary N) is 1. The molecule has 0 saturated heterocycles. The summed E-state index contributed by atoms with van der Waals surface area (Å²) < 4.78 is 1.64. The molecular weight excluding hydrogens is 468 g/mol. The molecule has 4 rings (SSSR count). The first kappa shape index (κ1) is 21.8. The van der Waals surface area contributed by atoms with Crippen LogP contribution in [0.25, 0.3) is 10.8 Å². The molecule has 0 bridgehead atoms. The fourth-order valence-corrected chi connectivity index (χ4v) is 5.81. The van der Waals surface area contributed by atoms with Crippen LogP contribution in [0.15, 0.2) is 80.5 Å². The zero-order chi connectivity index (χ0) is 21.5. The molecule has 0 aliphatic carbocycles. The second-order valence-corrected chi connectivity index (χ2v) is 10.3. The summed E-state index contributed by atoms with van der Waals surface area (Å²) in [6.07, 6.45) is 1.56. The number of hydrogen-bond donors (Lipinski definition) is 1. The van der Waals surface area contributed by atoms with Gasteiger partial charge in [0.2, 0.25) is 0 Å². The van der Waals surface area contributed by atoms with Gasteiger partial charge in [-0.25, -0.2) is 5.43 Å².